The zero-order valence-electron chi connectivity index (χ0n) is 35.7. The van der Waals surface area contributed by atoms with Crippen molar-refractivity contribution in [1.29, 1.82) is 0 Å². The highest BCUT2D eigenvalue weighted by molar-refractivity contribution is 7.16. The molecule has 9 aromatic carbocycles. The molecule has 0 unspecified atom stereocenters. The third-order valence-electron chi connectivity index (χ3n) is 11.9. The van der Waals surface area contributed by atoms with Crippen LogP contribution in [-0.2, 0) is 12.3 Å². The number of benzene rings is 9. The van der Waals surface area contributed by atoms with Crippen LogP contribution in [0.25, 0.3) is 0 Å². The Labute approximate surface area is 382 Å². The van der Waals surface area contributed by atoms with Crippen LogP contribution in [-0.4, -0.2) is 33.8 Å². The second kappa shape index (κ2) is 19.5. The molecule has 0 spiro atoms. The van der Waals surface area contributed by atoms with E-state index in [2.05, 4.69) is 280 Å². The highest BCUT2D eigenvalue weighted by atomic mass is 28.5. The lowest BCUT2D eigenvalue weighted by molar-refractivity contribution is 0.270. The summed E-state index contributed by atoms with van der Waals surface area (Å²) in [5.74, 6) is 0. The molecule has 3 nitrogen and oxygen atoms in total. The van der Waals surface area contributed by atoms with Crippen LogP contribution < -0.4 is 46.7 Å². The van der Waals surface area contributed by atoms with E-state index in [0.29, 0.717) is 6.04 Å². The molecule has 0 bridgehead atoms. The third-order valence-corrected chi connectivity index (χ3v) is 30.5. The molecular formula is C57H50O3Si4. The summed E-state index contributed by atoms with van der Waals surface area (Å²) in [5, 5.41) is 9.86. The van der Waals surface area contributed by atoms with Gasteiger partial charge in [-0.05, 0) is 46.7 Å². The quantitative estimate of drug-likeness (QED) is 0.0553. The molecule has 64 heavy (non-hydrogen) atoms. The summed E-state index contributed by atoms with van der Waals surface area (Å²) in [6.45, 7) is 4.53. The van der Waals surface area contributed by atoms with Crippen molar-refractivity contribution in [2.24, 2.45) is 0 Å². The van der Waals surface area contributed by atoms with E-state index in [1.165, 1.54) is 0 Å². The predicted molar refractivity (Wildman–Crippen MR) is 276 cm³/mol. The van der Waals surface area contributed by atoms with E-state index >= 15 is 0 Å². The van der Waals surface area contributed by atoms with Gasteiger partial charge in [-0.15, -0.1) is 6.58 Å². The number of hydrogen-bond donors (Lipinski definition) is 0. The topological polar surface area (TPSA) is 27.7 Å². The highest BCUT2D eigenvalue weighted by Gasteiger charge is 2.62. The van der Waals surface area contributed by atoms with E-state index in [9.17, 15) is 0 Å². The van der Waals surface area contributed by atoms with E-state index in [4.69, 9.17) is 12.3 Å². The first-order valence-electron chi connectivity index (χ1n) is 21.8. The van der Waals surface area contributed by atoms with E-state index in [-0.39, 0.29) is 0 Å². The molecule has 0 fully saturated rings. The Bertz CT molecular complexity index is 2230. The standard InChI is InChI=1S/C57H50O3Si4/c1-2-48-61(58-62(49-30-12-3-13-31-49,50-32-14-4-15-33-50)51-34-16-5-17-35-51,59-63(52-36-18-6-19-37-52,53-38-20-7-21-39-53)54-40-22-8-23-41-54)60-64(55-42-24-9-25-43-55,56-44-26-10-27-45-56)57-46-28-11-29-47-57/h2-47H,1,48H2. The minimum Gasteiger partial charge on any atom is -0.404 e. The summed E-state index contributed by atoms with van der Waals surface area (Å²) in [7, 11) is -15.1. The molecule has 0 N–H and O–H groups in total. The van der Waals surface area contributed by atoms with Crippen molar-refractivity contribution in [3.8, 4) is 0 Å². The smallest absolute Gasteiger partial charge is 0.404 e. The van der Waals surface area contributed by atoms with Crippen molar-refractivity contribution >= 4 is 80.4 Å². The van der Waals surface area contributed by atoms with Crippen molar-refractivity contribution in [1.82, 2.24) is 0 Å². The average Bonchev–Trinajstić information content (AvgIpc) is 3.39. The Hall–Kier alpha value is -6.53. The van der Waals surface area contributed by atoms with Crippen LogP contribution in [0.1, 0.15) is 0 Å². The minimum absolute atomic E-state index is 0.330. The largest absolute Gasteiger partial charge is 0.475 e. The fourth-order valence-electron chi connectivity index (χ4n) is 9.15. The molecule has 0 aliphatic carbocycles. The van der Waals surface area contributed by atoms with Crippen molar-refractivity contribution in [3.05, 3.63) is 286 Å². The number of rotatable bonds is 17. The molecule has 0 amide bonds. The van der Waals surface area contributed by atoms with Gasteiger partial charge in [-0.1, -0.05) is 279 Å². The molecule has 9 aromatic rings. The zero-order valence-corrected chi connectivity index (χ0v) is 39.7. The van der Waals surface area contributed by atoms with Crippen LogP contribution in [0, 0.1) is 0 Å². The van der Waals surface area contributed by atoms with Gasteiger partial charge in [0.25, 0.3) is 25.0 Å². The van der Waals surface area contributed by atoms with Crippen molar-refractivity contribution in [3.63, 3.8) is 0 Å². The van der Waals surface area contributed by atoms with E-state index in [1.54, 1.807) is 0 Å². The summed E-state index contributed by atoms with van der Waals surface area (Å²) >= 11 is 0. The second-order valence-electron chi connectivity index (χ2n) is 15.8. The van der Waals surface area contributed by atoms with Crippen molar-refractivity contribution < 1.29 is 12.3 Å². The lowest BCUT2D eigenvalue weighted by Gasteiger charge is -2.49. The molecule has 312 valence electrons. The van der Waals surface area contributed by atoms with Gasteiger partial charge in [-0.3, -0.25) is 0 Å². The highest BCUT2D eigenvalue weighted by Crippen LogP contribution is 2.31. The monoisotopic (exact) mass is 894 g/mol. The normalized spacial score (nSPS) is 12.1. The fourth-order valence-corrected chi connectivity index (χ4v) is 30.9. The second-order valence-corrected chi connectivity index (χ2v) is 29.3. The maximum Gasteiger partial charge on any atom is 0.475 e. The molecule has 7 heteroatoms. The predicted octanol–water partition coefficient (Wildman–Crippen LogP) is 7.16. The van der Waals surface area contributed by atoms with Gasteiger partial charge in [-0.25, -0.2) is 0 Å². The molecule has 0 radical (unpaired) electrons. The first-order valence-corrected chi connectivity index (χ1v) is 29.5. The van der Waals surface area contributed by atoms with Gasteiger partial charge in [0.2, 0.25) is 0 Å². The minimum atomic E-state index is -4.28. The third kappa shape index (κ3) is 8.22. The number of hydrogen-bond acceptors (Lipinski definition) is 3. The van der Waals surface area contributed by atoms with Crippen LogP contribution >= 0.6 is 0 Å². The first kappa shape index (κ1) is 42.8. The van der Waals surface area contributed by atoms with Crippen LogP contribution in [0.5, 0.6) is 0 Å². The van der Waals surface area contributed by atoms with Gasteiger partial charge < -0.3 is 12.3 Å². The zero-order chi connectivity index (χ0) is 43.6. The molecule has 0 heterocycles. The summed E-state index contributed by atoms with van der Waals surface area (Å²) in [6, 6.07) is 97.4. The Morgan fingerprint density at radius 2 is 0.391 bits per heavy atom. The molecule has 0 saturated heterocycles. The molecular weight excluding hydrogens is 845 g/mol. The van der Waals surface area contributed by atoms with E-state index in [1.807, 2.05) is 6.08 Å². The van der Waals surface area contributed by atoms with Gasteiger partial charge in [-0.2, -0.15) is 0 Å². The lowest BCUT2D eigenvalue weighted by atomic mass is 10.3. The Morgan fingerprint density at radius 1 is 0.250 bits per heavy atom. The van der Waals surface area contributed by atoms with Gasteiger partial charge in [0.15, 0.2) is 0 Å². The lowest BCUT2D eigenvalue weighted by Crippen LogP contribution is -2.82. The van der Waals surface area contributed by atoms with Gasteiger partial charge in [0.05, 0.1) is 0 Å². The van der Waals surface area contributed by atoms with Crippen LogP contribution in [0.4, 0.5) is 0 Å². The molecule has 0 saturated carbocycles. The average molecular weight is 895 g/mol. The fraction of sp³-hybridized carbons (Fsp3) is 0.0175. The van der Waals surface area contributed by atoms with Gasteiger partial charge >= 0.3 is 8.80 Å². The van der Waals surface area contributed by atoms with E-state index < -0.39 is 33.8 Å². The molecule has 0 aliphatic heterocycles. The Morgan fingerprint density at radius 3 is 0.516 bits per heavy atom. The maximum absolute atomic E-state index is 8.70. The van der Waals surface area contributed by atoms with Crippen LogP contribution in [0.2, 0.25) is 6.04 Å². The van der Waals surface area contributed by atoms with E-state index in [0.717, 1.165) is 46.7 Å². The summed E-state index contributed by atoms with van der Waals surface area (Å²) < 4.78 is 26.1. The SMILES string of the molecule is C=CC[Si](O[Si](c1ccccc1)(c1ccccc1)c1ccccc1)(O[Si](c1ccccc1)(c1ccccc1)c1ccccc1)O[Si](c1ccccc1)(c1ccccc1)c1ccccc1. The molecule has 0 aromatic heterocycles. The van der Waals surface area contributed by atoms with Crippen LogP contribution in [0.3, 0.4) is 0 Å². The first-order chi connectivity index (χ1) is 31.6. The summed E-state index contributed by atoms with van der Waals surface area (Å²) in [6.07, 6.45) is 1.98. The maximum atomic E-state index is 8.70. The van der Waals surface area contributed by atoms with Crippen LogP contribution in [0.15, 0.2) is 286 Å². The van der Waals surface area contributed by atoms with Crippen molar-refractivity contribution in [2.75, 3.05) is 0 Å². The van der Waals surface area contributed by atoms with Gasteiger partial charge in [0.1, 0.15) is 0 Å². The Balaban J connectivity index is 1.46. The number of allylic oxidation sites excluding steroid dienone is 1. The Kier molecular flexibility index (Phi) is 13.0. The molecule has 0 aliphatic rings. The van der Waals surface area contributed by atoms with Gasteiger partial charge in [0, 0.05) is 6.04 Å². The molecule has 9 rings (SSSR count). The molecule has 0 atom stereocenters. The summed E-state index contributed by atoms with van der Waals surface area (Å²) in [5.41, 5.74) is 0. The van der Waals surface area contributed by atoms with Crippen molar-refractivity contribution in [2.45, 2.75) is 6.04 Å². The summed E-state index contributed by atoms with van der Waals surface area (Å²) in [4.78, 5) is 0.